The van der Waals surface area contributed by atoms with Gasteiger partial charge in [-0.2, -0.15) is 0 Å². The van der Waals surface area contributed by atoms with Crippen LogP contribution in [0.4, 0.5) is 5.82 Å². The molecule has 118 valence electrons. The van der Waals surface area contributed by atoms with Gasteiger partial charge in [0.1, 0.15) is 12.1 Å². The van der Waals surface area contributed by atoms with Gasteiger partial charge in [-0.1, -0.05) is 19.8 Å². The summed E-state index contributed by atoms with van der Waals surface area (Å²) in [4.78, 5) is 19.8. The van der Waals surface area contributed by atoms with Crippen LogP contribution in [-0.4, -0.2) is 35.6 Å². The van der Waals surface area contributed by atoms with Gasteiger partial charge in [0.15, 0.2) is 0 Å². The Morgan fingerprint density at radius 2 is 2.27 bits per heavy atom. The first-order chi connectivity index (χ1) is 10.5. The molecule has 0 aromatic carbocycles. The van der Waals surface area contributed by atoms with E-state index in [0.717, 1.165) is 11.4 Å². The summed E-state index contributed by atoms with van der Waals surface area (Å²) in [6, 6.07) is 0.173. The van der Waals surface area contributed by atoms with E-state index in [2.05, 4.69) is 53.2 Å². The summed E-state index contributed by atoms with van der Waals surface area (Å²) in [6.07, 6.45) is 2.06. The lowest BCUT2D eigenvalue weighted by molar-refractivity contribution is -0.115. The minimum absolute atomic E-state index is 0.107. The fourth-order valence-corrected chi connectivity index (χ4v) is 2.34. The van der Waals surface area contributed by atoms with E-state index in [1.165, 1.54) is 6.33 Å². The highest BCUT2D eigenvalue weighted by atomic mass is 16.5. The van der Waals surface area contributed by atoms with Gasteiger partial charge in [0, 0.05) is 25.4 Å². The lowest BCUT2D eigenvalue weighted by Crippen LogP contribution is -2.17. The third kappa shape index (κ3) is 3.67. The highest BCUT2D eigenvalue weighted by Gasteiger charge is 2.33. The Balaban J connectivity index is 2.20. The van der Waals surface area contributed by atoms with Crippen molar-refractivity contribution < 1.29 is 9.53 Å². The zero-order chi connectivity index (χ0) is 16.1. The van der Waals surface area contributed by atoms with E-state index in [0.29, 0.717) is 24.8 Å². The van der Waals surface area contributed by atoms with Gasteiger partial charge in [-0.15, -0.1) is 0 Å². The average Bonchev–Trinajstić information content (AvgIpc) is 2.81. The molecule has 1 amide bonds. The second kappa shape index (κ2) is 7.12. The summed E-state index contributed by atoms with van der Waals surface area (Å²) in [5.74, 6) is 7.16. The highest BCUT2D eigenvalue weighted by molar-refractivity contribution is 5.93. The van der Waals surface area contributed by atoms with Crippen LogP contribution in [0.15, 0.2) is 6.33 Å². The van der Waals surface area contributed by atoms with Gasteiger partial charge in [0.05, 0.1) is 12.2 Å². The van der Waals surface area contributed by atoms with E-state index in [4.69, 9.17) is 4.74 Å². The first kappa shape index (κ1) is 16.1. The molecule has 2 heterocycles. The van der Waals surface area contributed by atoms with E-state index in [-0.39, 0.29) is 17.9 Å². The number of anilines is 1. The number of ether oxygens (including phenoxy) is 1. The zero-order valence-corrected chi connectivity index (χ0v) is 13.4. The summed E-state index contributed by atoms with van der Waals surface area (Å²) in [7, 11) is 1.57. The molecule has 2 unspecified atom stereocenters. The van der Waals surface area contributed by atoms with E-state index in [1.54, 1.807) is 7.05 Å². The van der Waals surface area contributed by atoms with E-state index in [1.807, 2.05) is 0 Å². The van der Waals surface area contributed by atoms with Gasteiger partial charge in [0.2, 0.25) is 5.88 Å². The zero-order valence-electron chi connectivity index (χ0n) is 13.4. The molecule has 2 atom stereocenters. The normalized spacial score (nSPS) is 19.0. The average molecular weight is 302 g/mol. The van der Waals surface area contributed by atoms with E-state index < -0.39 is 0 Å². The number of rotatable bonds is 4. The number of amides is 1. The van der Waals surface area contributed by atoms with Crippen LogP contribution >= 0.6 is 0 Å². The Morgan fingerprint density at radius 3 is 2.95 bits per heavy atom. The van der Waals surface area contributed by atoms with Gasteiger partial charge in [-0.3, -0.25) is 4.79 Å². The molecule has 6 nitrogen and oxygen atoms in total. The van der Waals surface area contributed by atoms with Crippen molar-refractivity contribution in [3.63, 3.8) is 0 Å². The molecule has 1 aromatic heterocycles. The molecule has 2 N–H and O–H groups in total. The number of carbonyl (C=O) groups is 1. The molecule has 22 heavy (non-hydrogen) atoms. The van der Waals surface area contributed by atoms with Crippen molar-refractivity contribution in [3.05, 3.63) is 11.9 Å². The third-order valence-electron chi connectivity index (χ3n) is 3.49. The fraction of sp³-hybridized carbons (Fsp3) is 0.562. The Kier molecular flexibility index (Phi) is 5.21. The molecule has 1 aromatic rings. The van der Waals surface area contributed by atoms with Crippen molar-refractivity contribution in [1.82, 2.24) is 15.3 Å². The van der Waals surface area contributed by atoms with Crippen LogP contribution in [0.25, 0.3) is 0 Å². The summed E-state index contributed by atoms with van der Waals surface area (Å²) in [6.45, 7) is 6.86. The van der Waals surface area contributed by atoms with Crippen molar-refractivity contribution in [3.8, 4) is 17.7 Å². The molecule has 0 saturated carbocycles. The first-order valence-corrected chi connectivity index (χ1v) is 7.47. The highest BCUT2D eigenvalue weighted by Crippen LogP contribution is 2.41. The van der Waals surface area contributed by atoms with Crippen molar-refractivity contribution in [2.24, 2.45) is 5.92 Å². The maximum Gasteiger partial charge on any atom is 0.295 e. The third-order valence-corrected chi connectivity index (χ3v) is 3.49. The van der Waals surface area contributed by atoms with Crippen LogP contribution < -0.4 is 15.4 Å². The molecule has 0 saturated heterocycles. The summed E-state index contributed by atoms with van der Waals surface area (Å²) in [5, 5.41) is 5.82. The van der Waals surface area contributed by atoms with Gasteiger partial charge in [0.25, 0.3) is 5.91 Å². The maximum absolute atomic E-state index is 11.2. The van der Waals surface area contributed by atoms with Crippen LogP contribution in [-0.2, 0) is 4.79 Å². The Labute approximate surface area is 131 Å². The number of nitrogens with one attached hydrogen (secondary N) is 2. The molecular weight excluding hydrogens is 280 g/mol. The number of fused-ring (bicyclic) bond motifs is 1. The lowest BCUT2D eigenvalue weighted by Gasteiger charge is -2.15. The fourth-order valence-electron chi connectivity index (χ4n) is 2.34. The summed E-state index contributed by atoms with van der Waals surface area (Å²) >= 11 is 0. The predicted molar refractivity (Wildman–Crippen MR) is 84.7 cm³/mol. The monoisotopic (exact) mass is 302 g/mol. The largest absolute Gasteiger partial charge is 0.477 e. The molecule has 2 rings (SSSR count). The topological polar surface area (TPSA) is 76.1 Å². The van der Waals surface area contributed by atoms with Crippen LogP contribution in [0.1, 0.15) is 38.7 Å². The smallest absolute Gasteiger partial charge is 0.295 e. The van der Waals surface area contributed by atoms with Crippen LogP contribution in [0.5, 0.6) is 5.88 Å². The number of hydrogen-bond acceptors (Lipinski definition) is 5. The van der Waals surface area contributed by atoms with Gasteiger partial charge in [-0.05, 0) is 18.8 Å². The van der Waals surface area contributed by atoms with E-state index in [9.17, 15) is 4.79 Å². The minimum atomic E-state index is -0.278. The number of nitrogens with zero attached hydrogens (tertiary/aromatic N) is 2. The predicted octanol–water partition coefficient (Wildman–Crippen LogP) is 1.55. The van der Waals surface area contributed by atoms with Gasteiger partial charge in [-0.25, -0.2) is 9.97 Å². The second-order valence-corrected chi connectivity index (χ2v) is 5.77. The molecule has 0 aliphatic carbocycles. The Bertz CT molecular complexity index is 604. The van der Waals surface area contributed by atoms with Crippen LogP contribution in [0.2, 0.25) is 0 Å². The van der Waals surface area contributed by atoms with Crippen LogP contribution in [0.3, 0.4) is 0 Å². The molecule has 1 aliphatic rings. The summed E-state index contributed by atoms with van der Waals surface area (Å²) in [5.41, 5.74) is 0.960. The van der Waals surface area contributed by atoms with Crippen molar-refractivity contribution >= 4 is 11.7 Å². The second-order valence-electron chi connectivity index (χ2n) is 5.77. The number of hydrogen-bond donors (Lipinski definition) is 2. The lowest BCUT2D eigenvalue weighted by atomic mass is 9.94. The van der Waals surface area contributed by atoms with Gasteiger partial charge < -0.3 is 15.4 Å². The number of carbonyl (C=O) groups excluding carboxylic acids is 1. The standard InChI is InChI=1S/C16H22N4O2/c1-10(2)8-22-16-14-12(6-5-7-13(21)17-4)11(3)20-15(14)18-9-19-16/h9-12H,6,8H2,1-4H3,(H,17,21)(H,18,19,20). The van der Waals surface area contributed by atoms with Crippen LogP contribution in [0, 0.1) is 17.8 Å². The Morgan fingerprint density at radius 1 is 1.50 bits per heavy atom. The molecule has 0 fully saturated rings. The molecular formula is C16H22N4O2. The number of aromatic nitrogens is 2. The molecule has 0 spiro atoms. The van der Waals surface area contributed by atoms with Crippen molar-refractivity contribution in [1.29, 1.82) is 0 Å². The first-order valence-electron chi connectivity index (χ1n) is 7.47. The molecule has 1 aliphatic heterocycles. The minimum Gasteiger partial charge on any atom is -0.477 e. The van der Waals surface area contributed by atoms with Crippen molar-refractivity contribution in [2.45, 2.75) is 39.2 Å². The molecule has 6 heteroatoms. The summed E-state index contributed by atoms with van der Waals surface area (Å²) < 4.78 is 5.82. The Hall–Kier alpha value is -2.29. The SMILES string of the molecule is CNC(=O)C#CCC1c2c(ncnc2OCC(C)C)NC1C. The molecule has 0 bridgehead atoms. The molecule has 0 radical (unpaired) electrons. The van der Waals surface area contributed by atoms with E-state index >= 15 is 0 Å². The van der Waals surface area contributed by atoms with Gasteiger partial charge >= 0.3 is 0 Å². The maximum atomic E-state index is 11.2. The van der Waals surface area contributed by atoms with Crippen molar-refractivity contribution in [2.75, 3.05) is 19.0 Å². The quantitative estimate of drug-likeness (QED) is 0.825.